The van der Waals surface area contributed by atoms with E-state index in [1.807, 2.05) is 11.0 Å². The van der Waals surface area contributed by atoms with Gasteiger partial charge in [-0.2, -0.15) is 0 Å². The van der Waals surface area contributed by atoms with Crippen molar-refractivity contribution in [1.29, 1.82) is 0 Å². The highest BCUT2D eigenvalue weighted by Crippen LogP contribution is 2.30. The van der Waals surface area contributed by atoms with Crippen LogP contribution < -0.4 is 0 Å². The molecular weight excluding hydrogens is 340 g/mol. The lowest BCUT2D eigenvalue weighted by atomic mass is 9.94. The van der Waals surface area contributed by atoms with E-state index in [0.29, 0.717) is 19.1 Å². The molecule has 0 N–H and O–H groups in total. The molecule has 144 valence electrons. The van der Waals surface area contributed by atoms with Crippen LogP contribution in [0.2, 0.25) is 0 Å². The van der Waals surface area contributed by atoms with Gasteiger partial charge in [-0.05, 0) is 31.9 Å². The quantitative estimate of drug-likeness (QED) is 0.785. The normalized spacial score (nSPS) is 23.0. The first-order valence-corrected chi connectivity index (χ1v) is 9.81. The molecule has 5 nitrogen and oxygen atoms in total. The number of furan rings is 1. The summed E-state index contributed by atoms with van der Waals surface area (Å²) in [5.74, 6) is 2.26. The molecule has 0 radical (unpaired) electrons. The molecule has 0 saturated carbocycles. The maximum atomic E-state index is 12.7. The summed E-state index contributed by atoms with van der Waals surface area (Å²) in [6.07, 6.45) is 2.08. The Morgan fingerprint density at radius 1 is 1.11 bits per heavy atom. The van der Waals surface area contributed by atoms with Crippen molar-refractivity contribution in [3.63, 3.8) is 0 Å². The number of benzene rings is 1. The van der Waals surface area contributed by atoms with Gasteiger partial charge in [0.2, 0.25) is 5.91 Å². The Labute approximate surface area is 160 Å². The number of carbonyl (C=O) groups is 1. The molecule has 0 aliphatic carbocycles. The minimum absolute atomic E-state index is 0.104. The van der Waals surface area contributed by atoms with E-state index < -0.39 is 0 Å². The minimum atomic E-state index is 0.104. The zero-order valence-electron chi connectivity index (χ0n) is 16.2. The molecule has 5 heteroatoms. The van der Waals surface area contributed by atoms with Gasteiger partial charge in [-0.15, -0.1) is 0 Å². The first-order valence-electron chi connectivity index (χ1n) is 9.81. The lowest BCUT2D eigenvalue weighted by Crippen LogP contribution is -2.49. The van der Waals surface area contributed by atoms with E-state index in [2.05, 4.69) is 42.2 Å². The van der Waals surface area contributed by atoms with Crippen molar-refractivity contribution >= 4 is 5.91 Å². The van der Waals surface area contributed by atoms with Crippen LogP contribution >= 0.6 is 0 Å². The fraction of sp³-hybridized carbons (Fsp3) is 0.500. The van der Waals surface area contributed by atoms with E-state index in [9.17, 15) is 4.79 Å². The average Bonchev–Trinajstić information content (AvgIpc) is 2.97. The Bertz CT molecular complexity index is 783. The summed E-state index contributed by atoms with van der Waals surface area (Å²) in [4.78, 5) is 17.2. The van der Waals surface area contributed by atoms with Crippen LogP contribution in [0.3, 0.4) is 0 Å². The van der Waals surface area contributed by atoms with Crippen LogP contribution in [-0.2, 0) is 16.1 Å². The number of methoxy groups -OCH3 is 1. The van der Waals surface area contributed by atoms with Gasteiger partial charge in [-0.1, -0.05) is 29.8 Å². The third-order valence-electron chi connectivity index (χ3n) is 5.78. The zero-order chi connectivity index (χ0) is 18.8. The molecule has 0 unspecified atom stereocenters. The summed E-state index contributed by atoms with van der Waals surface area (Å²) in [6.45, 7) is 5.87. The molecule has 27 heavy (non-hydrogen) atoms. The van der Waals surface area contributed by atoms with Crippen molar-refractivity contribution in [2.24, 2.45) is 5.92 Å². The fourth-order valence-electron chi connectivity index (χ4n) is 4.30. The number of hydrogen-bond acceptors (Lipinski definition) is 4. The molecule has 0 spiro atoms. The highest BCUT2D eigenvalue weighted by Gasteiger charge is 2.40. The molecule has 4 heterocycles. The Kier molecular flexibility index (Phi) is 5.32. The van der Waals surface area contributed by atoms with Gasteiger partial charge in [-0.25, -0.2) is 0 Å². The predicted octanol–water partition coefficient (Wildman–Crippen LogP) is 3.32. The molecule has 1 aromatic heterocycles. The molecule has 2 aromatic rings. The number of ether oxygens (including phenoxy) is 1. The summed E-state index contributed by atoms with van der Waals surface area (Å²) < 4.78 is 11.3. The number of aryl methyl sites for hydroxylation is 1. The molecule has 2 bridgehead atoms. The zero-order valence-corrected chi connectivity index (χ0v) is 16.2. The van der Waals surface area contributed by atoms with E-state index in [-0.39, 0.29) is 12.0 Å². The Morgan fingerprint density at radius 3 is 2.70 bits per heavy atom. The average molecular weight is 368 g/mol. The number of rotatable bonds is 6. The molecule has 1 amide bonds. The second-order valence-electron chi connectivity index (χ2n) is 7.78. The number of carbonyl (C=O) groups excluding carboxylic acids is 1. The van der Waals surface area contributed by atoms with E-state index in [0.717, 1.165) is 49.6 Å². The number of hydrogen-bond donors (Lipinski definition) is 0. The number of fused-ring (bicyclic) bond motifs is 4. The van der Waals surface area contributed by atoms with Crippen LogP contribution in [0.5, 0.6) is 0 Å². The minimum Gasteiger partial charge on any atom is -0.460 e. The van der Waals surface area contributed by atoms with Crippen LogP contribution in [0.1, 0.15) is 24.2 Å². The van der Waals surface area contributed by atoms with Crippen molar-refractivity contribution in [1.82, 2.24) is 9.80 Å². The largest absolute Gasteiger partial charge is 0.460 e. The lowest BCUT2D eigenvalue weighted by molar-refractivity contribution is -0.140. The number of nitrogens with zero attached hydrogens (tertiary/aromatic N) is 2. The van der Waals surface area contributed by atoms with Gasteiger partial charge >= 0.3 is 0 Å². The van der Waals surface area contributed by atoms with E-state index >= 15 is 0 Å². The Balaban J connectivity index is 1.44. The molecule has 2 atom stereocenters. The number of piperidine rings is 1. The van der Waals surface area contributed by atoms with Crippen molar-refractivity contribution in [3.05, 3.63) is 47.7 Å². The maximum absolute atomic E-state index is 12.7. The first kappa shape index (κ1) is 18.3. The third-order valence-corrected chi connectivity index (χ3v) is 5.78. The second kappa shape index (κ2) is 7.87. The van der Waals surface area contributed by atoms with Crippen molar-refractivity contribution in [3.8, 4) is 11.3 Å². The van der Waals surface area contributed by atoms with Crippen LogP contribution in [-0.4, -0.2) is 55.1 Å². The summed E-state index contributed by atoms with van der Waals surface area (Å²) in [5.41, 5.74) is 2.34. The Hall–Kier alpha value is -2.11. The van der Waals surface area contributed by atoms with Crippen molar-refractivity contribution < 1.29 is 13.9 Å². The van der Waals surface area contributed by atoms with Gasteiger partial charge in [0.05, 0.1) is 19.1 Å². The van der Waals surface area contributed by atoms with Crippen molar-refractivity contribution in [2.45, 2.75) is 32.4 Å². The van der Waals surface area contributed by atoms with E-state index in [4.69, 9.17) is 9.15 Å². The van der Waals surface area contributed by atoms with Crippen molar-refractivity contribution in [2.75, 3.05) is 33.4 Å². The molecule has 3 aliphatic heterocycles. The molecule has 3 fully saturated rings. The molecular formula is C22H28N2O3. The summed E-state index contributed by atoms with van der Waals surface area (Å²) in [6, 6.07) is 12.8. The lowest BCUT2D eigenvalue weighted by Gasteiger charge is -2.35. The maximum Gasteiger partial charge on any atom is 0.227 e. The van der Waals surface area contributed by atoms with E-state index in [1.54, 1.807) is 7.11 Å². The third kappa shape index (κ3) is 3.94. The first-order chi connectivity index (χ1) is 13.1. The highest BCUT2D eigenvalue weighted by molar-refractivity contribution is 5.80. The highest BCUT2D eigenvalue weighted by atomic mass is 16.5. The van der Waals surface area contributed by atoms with Gasteiger partial charge < -0.3 is 14.1 Å². The monoisotopic (exact) mass is 368 g/mol. The molecule has 1 aromatic carbocycles. The summed E-state index contributed by atoms with van der Waals surface area (Å²) in [5, 5.41) is 0. The van der Waals surface area contributed by atoms with Gasteiger partial charge in [0, 0.05) is 38.3 Å². The fourth-order valence-corrected chi connectivity index (χ4v) is 4.30. The summed E-state index contributed by atoms with van der Waals surface area (Å²) in [7, 11) is 1.69. The van der Waals surface area contributed by atoms with E-state index in [1.165, 1.54) is 5.56 Å². The van der Waals surface area contributed by atoms with Gasteiger partial charge in [0.1, 0.15) is 11.5 Å². The number of amides is 1. The standard InChI is InChI=1S/C22H28N2O3/c1-16-3-5-17(6-4-16)21-10-9-20(27-21)15-23-13-18-7-8-19(14-23)24(22(18)25)11-12-26-2/h3-6,9-10,18-19H,7-8,11-15H2,1-2H3/t18-,19+/m1/s1. The van der Waals surface area contributed by atoms with Gasteiger partial charge in [0.15, 0.2) is 0 Å². The predicted molar refractivity (Wildman–Crippen MR) is 104 cm³/mol. The molecule has 3 saturated heterocycles. The SMILES string of the molecule is COCCN1C(=O)[C@@H]2CC[C@H]1CN(Cc1ccc(-c3ccc(C)cc3)o1)C2. The molecule has 3 aliphatic rings. The molecule has 5 rings (SSSR count). The topological polar surface area (TPSA) is 45.9 Å². The van der Waals surface area contributed by atoms with Crippen LogP contribution in [0, 0.1) is 12.8 Å². The van der Waals surface area contributed by atoms with Gasteiger partial charge in [-0.3, -0.25) is 9.69 Å². The van der Waals surface area contributed by atoms with Crippen LogP contribution in [0.25, 0.3) is 11.3 Å². The van der Waals surface area contributed by atoms with Crippen LogP contribution in [0.15, 0.2) is 40.8 Å². The smallest absolute Gasteiger partial charge is 0.227 e. The Morgan fingerprint density at radius 2 is 1.93 bits per heavy atom. The summed E-state index contributed by atoms with van der Waals surface area (Å²) >= 11 is 0. The van der Waals surface area contributed by atoms with Gasteiger partial charge in [0.25, 0.3) is 0 Å². The second-order valence-corrected chi connectivity index (χ2v) is 7.78. The van der Waals surface area contributed by atoms with Crippen LogP contribution in [0.4, 0.5) is 0 Å².